The van der Waals surface area contributed by atoms with Crippen molar-refractivity contribution < 1.29 is 4.79 Å². The molecule has 0 fully saturated rings. The average Bonchev–Trinajstić information content (AvgIpc) is 2.08. The van der Waals surface area contributed by atoms with Gasteiger partial charge in [0, 0.05) is 6.42 Å². The molecule has 13 heavy (non-hydrogen) atoms. The van der Waals surface area contributed by atoms with Crippen LogP contribution >= 0.6 is 12.6 Å². The van der Waals surface area contributed by atoms with Gasteiger partial charge in [0.15, 0.2) is 5.12 Å². The molecule has 0 aliphatic heterocycles. The van der Waals surface area contributed by atoms with Crippen LogP contribution in [-0.2, 0) is 17.6 Å². The first-order valence-electron chi connectivity index (χ1n) is 4.52. The lowest BCUT2D eigenvalue weighted by molar-refractivity contribution is -0.110. The van der Waals surface area contributed by atoms with Crippen molar-refractivity contribution in [3.05, 3.63) is 35.4 Å². The Morgan fingerprint density at radius 1 is 1.31 bits per heavy atom. The molecule has 0 unspecified atom stereocenters. The van der Waals surface area contributed by atoms with Gasteiger partial charge in [-0.1, -0.05) is 37.6 Å². The molecular weight excluding hydrogens is 180 g/mol. The Morgan fingerprint density at radius 3 is 2.46 bits per heavy atom. The van der Waals surface area contributed by atoms with Crippen LogP contribution in [0.15, 0.2) is 24.3 Å². The number of benzene rings is 1. The Labute approximate surface area is 84.6 Å². The van der Waals surface area contributed by atoms with Crippen LogP contribution in [0, 0.1) is 0 Å². The van der Waals surface area contributed by atoms with Gasteiger partial charge in [0.05, 0.1) is 0 Å². The second kappa shape index (κ2) is 5.07. The van der Waals surface area contributed by atoms with Crippen molar-refractivity contribution >= 4 is 17.7 Å². The van der Waals surface area contributed by atoms with Crippen molar-refractivity contribution in [2.75, 3.05) is 0 Å². The monoisotopic (exact) mass is 194 g/mol. The number of thiol groups is 1. The van der Waals surface area contributed by atoms with Crippen LogP contribution < -0.4 is 0 Å². The molecule has 0 atom stereocenters. The van der Waals surface area contributed by atoms with Crippen LogP contribution in [0.3, 0.4) is 0 Å². The SMILES string of the molecule is CCCc1ccccc1CC(=O)S. The van der Waals surface area contributed by atoms with E-state index in [1.165, 1.54) is 5.56 Å². The Bertz CT molecular complexity index is 294. The van der Waals surface area contributed by atoms with E-state index >= 15 is 0 Å². The molecule has 70 valence electrons. The third-order valence-electron chi connectivity index (χ3n) is 1.98. The molecule has 1 rings (SSSR count). The molecule has 0 heterocycles. The molecule has 0 aromatic heterocycles. The zero-order valence-electron chi connectivity index (χ0n) is 7.79. The second-order valence-electron chi connectivity index (χ2n) is 3.09. The van der Waals surface area contributed by atoms with Gasteiger partial charge in [-0.25, -0.2) is 0 Å². The molecule has 0 saturated heterocycles. The topological polar surface area (TPSA) is 17.1 Å². The highest BCUT2D eigenvalue weighted by Crippen LogP contribution is 2.12. The van der Waals surface area contributed by atoms with Gasteiger partial charge < -0.3 is 0 Å². The Morgan fingerprint density at radius 2 is 1.92 bits per heavy atom. The van der Waals surface area contributed by atoms with E-state index in [0.717, 1.165) is 18.4 Å². The summed E-state index contributed by atoms with van der Waals surface area (Å²) in [6.45, 7) is 2.14. The van der Waals surface area contributed by atoms with Gasteiger partial charge in [-0.3, -0.25) is 4.79 Å². The molecule has 0 bridgehead atoms. The van der Waals surface area contributed by atoms with Crippen LogP contribution in [0.4, 0.5) is 0 Å². The number of carbonyl (C=O) groups excluding carboxylic acids is 1. The first-order valence-corrected chi connectivity index (χ1v) is 4.97. The number of hydrogen-bond donors (Lipinski definition) is 1. The molecule has 0 aliphatic carbocycles. The van der Waals surface area contributed by atoms with Crippen molar-refractivity contribution in [3.8, 4) is 0 Å². The number of carbonyl (C=O) groups is 1. The van der Waals surface area contributed by atoms with E-state index in [4.69, 9.17) is 0 Å². The summed E-state index contributed by atoms with van der Waals surface area (Å²) < 4.78 is 0. The van der Waals surface area contributed by atoms with Crippen LogP contribution in [0.2, 0.25) is 0 Å². The van der Waals surface area contributed by atoms with Crippen LogP contribution in [0.1, 0.15) is 24.5 Å². The third kappa shape index (κ3) is 3.23. The predicted octanol–water partition coefficient (Wildman–Crippen LogP) is 2.64. The van der Waals surface area contributed by atoms with Gasteiger partial charge in [-0.2, -0.15) is 0 Å². The Kier molecular flexibility index (Phi) is 4.03. The summed E-state index contributed by atoms with van der Waals surface area (Å²) in [5, 5.41) is -0.0662. The first-order chi connectivity index (χ1) is 6.24. The summed E-state index contributed by atoms with van der Waals surface area (Å²) >= 11 is 3.79. The largest absolute Gasteiger partial charge is 0.287 e. The maximum absolute atomic E-state index is 10.8. The molecule has 0 spiro atoms. The highest BCUT2D eigenvalue weighted by molar-refractivity contribution is 7.96. The maximum atomic E-state index is 10.8. The van der Waals surface area contributed by atoms with Crippen LogP contribution in [-0.4, -0.2) is 5.12 Å². The van der Waals surface area contributed by atoms with Gasteiger partial charge in [0.1, 0.15) is 0 Å². The van der Waals surface area contributed by atoms with Crippen molar-refractivity contribution in [2.45, 2.75) is 26.2 Å². The van der Waals surface area contributed by atoms with E-state index in [1.807, 2.05) is 18.2 Å². The molecule has 1 nitrogen and oxygen atoms in total. The van der Waals surface area contributed by atoms with Crippen LogP contribution in [0.25, 0.3) is 0 Å². The smallest absolute Gasteiger partial charge is 0.190 e. The molecule has 0 radical (unpaired) electrons. The predicted molar refractivity (Wildman–Crippen MR) is 58.1 cm³/mol. The van der Waals surface area contributed by atoms with Gasteiger partial charge in [-0.15, -0.1) is 12.6 Å². The first kappa shape index (κ1) is 10.3. The minimum absolute atomic E-state index is 0.0662. The summed E-state index contributed by atoms with van der Waals surface area (Å²) in [7, 11) is 0. The highest BCUT2D eigenvalue weighted by atomic mass is 32.1. The molecular formula is C11H14OS. The summed E-state index contributed by atoms with van der Waals surface area (Å²) in [6, 6.07) is 8.05. The fourth-order valence-electron chi connectivity index (χ4n) is 1.41. The van der Waals surface area contributed by atoms with Crippen molar-refractivity contribution in [2.24, 2.45) is 0 Å². The highest BCUT2D eigenvalue weighted by Gasteiger charge is 2.03. The summed E-state index contributed by atoms with van der Waals surface area (Å²) in [6.07, 6.45) is 2.59. The minimum atomic E-state index is -0.0662. The van der Waals surface area contributed by atoms with E-state index in [-0.39, 0.29) is 5.12 Å². The molecule has 2 heteroatoms. The lowest BCUT2D eigenvalue weighted by Crippen LogP contribution is -1.98. The van der Waals surface area contributed by atoms with Gasteiger partial charge in [0.25, 0.3) is 0 Å². The Hall–Kier alpha value is -0.760. The summed E-state index contributed by atoms with van der Waals surface area (Å²) in [5.74, 6) is 0. The quantitative estimate of drug-likeness (QED) is 0.729. The van der Waals surface area contributed by atoms with E-state index in [0.29, 0.717) is 6.42 Å². The lowest BCUT2D eigenvalue weighted by atomic mass is 10.0. The fraction of sp³-hybridized carbons (Fsp3) is 0.364. The molecule has 0 N–H and O–H groups in total. The Balaban J connectivity index is 2.84. The zero-order chi connectivity index (χ0) is 9.68. The molecule has 1 aromatic carbocycles. The minimum Gasteiger partial charge on any atom is -0.287 e. The van der Waals surface area contributed by atoms with E-state index in [1.54, 1.807) is 0 Å². The second-order valence-corrected chi connectivity index (χ2v) is 3.59. The van der Waals surface area contributed by atoms with Crippen molar-refractivity contribution in [3.63, 3.8) is 0 Å². The average molecular weight is 194 g/mol. The lowest BCUT2D eigenvalue weighted by Gasteiger charge is -2.05. The number of hydrogen-bond acceptors (Lipinski definition) is 1. The fourth-order valence-corrected chi connectivity index (χ4v) is 1.58. The number of aryl methyl sites for hydroxylation is 1. The van der Waals surface area contributed by atoms with Gasteiger partial charge >= 0.3 is 0 Å². The third-order valence-corrected chi connectivity index (χ3v) is 2.14. The van der Waals surface area contributed by atoms with Crippen molar-refractivity contribution in [1.82, 2.24) is 0 Å². The zero-order valence-corrected chi connectivity index (χ0v) is 8.68. The summed E-state index contributed by atoms with van der Waals surface area (Å²) in [4.78, 5) is 10.8. The molecule has 0 amide bonds. The molecule has 1 aromatic rings. The van der Waals surface area contributed by atoms with Gasteiger partial charge in [0.2, 0.25) is 0 Å². The van der Waals surface area contributed by atoms with E-state index < -0.39 is 0 Å². The number of rotatable bonds is 4. The van der Waals surface area contributed by atoms with E-state index in [9.17, 15) is 4.79 Å². The molecule has 0 aliphatic rings. The normalized spacial score (nSPS) is 10.0. The molecule has 0 saturated carbocycles. The summed E-state index contributed by atoms with van der Waals surface area (Å²) in [5.41, 5.74) is 2.39. The van der Waals surface area contributed by atoms with Crippen molar-refractivity contribution in [1.29, 1.82) is 0 Å². The van der Waals surface area contributed by atoms with E-state index in [2.05, 4.69) is 25.6 Å². The van der Waals surface area contributed by atoms with Gasteiger partial charge in [-0.05, 0) is 17.5 Å². The van der Waals surface area contributed by atoms with Crippen LogP contribution in [0.5, 0.6) is 0 Å². The maximum Gasteiger partial charge on any atom is 0.190 e. The standard InChI is InChI=1S/C11H14OS/c1-2-5-9-6-3-4-7-10(9)8-11(12)13/h3-4,6-7H,2,5,8H2,1H3,(H,12,13).